The quantitative estimate of drug-likeness (QED) is 0.397. The van der Waals surface area contributed by atoms with Gasteiger partial charge in [-0.15, -0.1) is 0 Å². The van der Waals surface area contributed by atoms with Crippen LogP contribution in [0, 0.1) is 5.92 Å². The first-order valence-corrected chi connectivity index (χ1v) is 9.12. The van der Waals surface area contributed by atoms with E-state index in [0.717, 1.165) is 18.9 Å². The summed E-state index contributed by atoms with van der Waals surface area (Å²) in [5.41, 5.74) is -0.529. The number of Topliss-reactive ketones (excluding diaryl/α,β-unsaturated/α-hetero) is 2. The number of halogens is 1. The van der Waals surface area contributed by atoms with Crippen LogP contribution in [0.3, 0.4) is 0 Å². The third kappa shape index (κ3) is 4.30. The lowest BCUT2D eigenvalue weighted by Gasteiger charge is -2.32. The predicted molar refractivity (Wildman–Crippen MR) is 103 cm³/mol. The lowest BCUT2D eigenvalue weighted by molar-refractivity contribution is -0.167. The van der Waals surface area contributed by atoms with Gasteiger partial charge < -0.3 is 9.47 Å². The molecule has 0 aromatic heterocycles. The van der Waals surface area contributed by atoms with Crippen molar-refractivity contribution in [3.8, 4) is 0 Å². The third-order valence-corrected chi connectivity index (χ3v) is 4.86. The summed E-state index contributed by atoms with van der Waals surface area (Å²) in [6.07, 6.45) is 9.60. The van der Waals surface area contributed by atoms with E-state index in [1.807, 2.05) is 13.0 Å². The SMILES string of the molecule is CC[C@H](C)/C=C(C)/C=C\C1=CC2=C(Cl)C(=O)[C@@](C)(OC(C)=O)C(=O)C2=CO1. The summed E-state index contributed by atoms with van der Waals surface area (Å²) >= 11 is 6.20. The second-order valence-corrected chi connectivity index (χ2v) is 7.22. The fraction of sp³-hybridized carbons (Fsp3) is 0.381. The molecule has 0 aromatic carbocycles. The van der Waals surface area contributed by atoms with Gasteiger partial charge in [0.2, 0.25) is 17.2 Å². The minimum atomic E-state index is -1.97. The summed E-state index contributed by atoms with van der Waals surface area (Å²) in [4.78, 5) is 36.6. The minimum absolute atomic E-state index is 0.104. The van der Waals surface area contributed by atoms with Crippen LogP contribution in [0.15, 0.2) is 58.1 Å². The van der Waals surface area contributed by atoms with Crippen molar-refractivity contribution in [2.75, 3.05) is 0 Å². The number of fused-ring (bicyclic) bond motifs is 1. The van der Waals surface area contributed by atoms with Crippen molar-refractivity contribution in [1.29, 1.82) is 0 Å². The van der Waals surface area contributed by atoms with E-state index in [4.69, 9.17) is 21.1 Å². The number of ketones is 2. The Hall–Kier alpha value is -2.40. The van der Waals surface area contributed by atoms with E-state index in [0.29, 0.717) is 11.7 Å². The largest absolute Gasteiger partial charge is 0.464 e. The molecule has 0 spiro atoms. The van der Waals surface area contributed by atoms with Crippen molar-refractivity contribution in [1.82, 2.24) is 0 Å². The van der Waals surface area contributed by atoms with Gasteiger partial charge in [-0.05, 0) is 31.9 Å². The topological polar surface area (TPSA) is 69.7 Å². The zero-order valence-electron chi connectivity index (χ0n) is 16.1. The molecule has 2 aliphatic rings. The summed E-state index contributed by atoms with van der Waals surface area (Å²) in [7, 11) is 0. The second kappa shape index (κ2) is 8.09. The van der Waals surface area contributed by atoms with Crippen molar-refractivity contribution < 1.29 is 23.9 Å². The number of carbonyl (C=O) groups excluding carboxylic acids is 3. The summed E-state index contributed by atoms with van der Waals surface area (Å²) in [6.45, 7) is 8.60. The molecule has 0 radical (unpaired) electrons. The Balaban J connectivity index is 2.36. The molecule has 27 heavy (non-hydrogen) atoms. The van der Waals surface area contributed by atoms with Crippen LogP contribution in [-0.2, 0) is 23.9 Å². The highest BCUT2D eigenvalue weighted by atomic mass is 35.5. The zero-order valence-corrected chi connectivity index (χ0v) is 16.8. The normalized spacial score (nSPS) is 24.3. The number of hydrogen-bond acceptors (Lipinski definition) is 5. The predicted octanol–water partition coefficient (Wildman–Crippen LogP) is 4.30. The molecule has 1 aliphatic heterocycles. The molecule has 0 aromatic rings. The number of ether oxygens (including phenoxy) is 2. The Bertz CT molecular complexity index is 841. The molecule has 0 amide bonds. The van der Waals surface area contributed by atoms with Gasteiger partial charge in [0, 0.05) is 12.5 Å². The van der Waals surface area contributed by atoms with Gasteiger partial charge in [-0.1, -0.05) is 49.6 Å². The van der Waals surface area contributed by atoms with E-state index in [1.54, 1.807) is 6.08 Å². The molecule has 2 rings (SSSR count). The monoisotopic (exact) mass is 390 g/mol. The number of allylic oxidation sites excluding steroid dienone is 6. The molecule has 144 valence electrons. The Morgan fingerprint density at radius 2 is 2.00 bits per heavy atom. The lowest BCUT2D eigenvalue weighted by atomic mass is 9.80. The zero-order chi connectivity index (χ0) is 20.4. The van der Waals surface area contributed by atoms with Crippen LogP contribution >= 0.6 is 11.6 Å². The van der Waals surface area contributed by atoms with E-state index >= 15 is 0 Å². The Morgan fingerprint density at radius 3 is 2.59 bits per heavy atom. The van der Waals surface area contributed by atoms with Gasteiger partial charge >= 0.3 is 5.97 Å². The second-order valence-electron chi connectivity index (χ2n) is 6.84. The van der Waals surface area contributed by atoms with Gasteiger partial charge in [0.1, 0.15) is 12.0 Å². The minimum Gasteiger partial charge on any atom is -0.464 e. The van der Waals surface area contributed by atoms with Crippen molar-refractivity contribution in [2.24, 2.45) is 5.92 Å². The first kappa shape index (κ1) is 20.9. The summed E-state index contributed by atoms with van der Waals surface area (Å²) in [6, 6.07) is 0. The molecule has 0 saturated carbocycles. The van der Waals surface area contributed by atoms with Crippen molar-refractivity contribution in [3.05, 3.63) is 58.1 Å². The van der Waals surface area contributed by atoms with E-state index in [1.165, 1.54) is 19.3 Å². The van der Waals surface area contributed by atoms with Gasteiger partial charge in [-0.25, -0.2) is 0 Å². The number of carbonyl (C=O) groups is 3. The molecule has 5 nitrogen and oxygen atoms in total. The summed E-state index contributed by atoms with van der Waals surface area (Å²) < 4.78 is 10.5. The van der Waals surface area contributed by atoms with E-state index in [9.17, 15) is 14.4 Å². The average Bonchev–Trinajstić information content (AvgIpc) is 2.62. The summed E-state index contributed by atoms with van der Waals surface area (Å²) in [5, 5.41) is -0.161. The third-order valence-electron chi connectivity index (χ3n) is 4.49. The van der Waals surface area contributed by atoms with Crippen molar-refractivity contribution >= 4 is 29.1 Å². The van der Waals surface area contributed by atoms with Crippen LogP contribution < -0.4 is 0 Å². The van der Waals surface area contributed by atoms with Crippen molar-refractivity contribution in [3.63, 3.8) is 0 Å². The molecule has 0 saturated heterocycles. The van der Waals surface area contributed by atoms with Gasteiger partial charge in [0.15, 0.2) is 0 Å². The molecule has 6 heteroatoms. The Kier molecular flexibility index (Phi) is 6.26. The van der Waals surface area contributed by atoms with Crippen LogP contribution in [0.25, 0.3) is 0 Å². The first-order valence-electron chi connectivity index (χ1n) is 8.74. The van der Waals surface area contributed by atoms with Gasteiger partial charge in [-0.2, -0.15) is 0 Å². The van der Waals surface area contributed by atoms with Crippen molar-refractivity contribution in [2.45, 2.75) is 46.6 Å². The highest BCUT2D eigenvalue weighted by molar-refractivity contribution is 6.49. The van der Waals surface area contributed by atoms with Crippen LogP contribution in [0.1, 0.15) is 41.0 Å². The maximum Gasteiger partial charge on any atom is 0.304 e. The molecule has 0 unspecified atom stereocenters. The molecule has 1 heterocycles. The van der Waals surface area contributed by atoms with Gasteiger partial charge in [0.25, 0.3) is 0 Å². The van der Waals surface area contributed by atoms with E-state index in [-0.39, 0.29) is 16.2 Å². The first-order chi connectivity index (χ1) is 12.6. The molecule has 2 atom stereocenters. The molecular formula is C21H23ClO5. The Morgan fingerprint density at radius 1 is 1.33 bits per heavy atom. The van der Waals surface area contributed by atoms with Gasteiger partial charge in [-0.3, -0.25) is 14.4 Å². The fourth-order valence-corrected chi connectivity index (χ4v) is 3.13. The van der Waals surface area contributed by atoms with E-state index in [2.05, 4.69) is 19.9 Å². The molecular weight excluding hydrogens is 368 g/mol. The van der Waals surface area contributed by atoms with E-state index < -0.39 is 23.1 Å². The Labute approximate surface area is 164 Å². The van der Waals surface area contributed by atoms with Crippen LogP contribution in [-0.4, -0.2) is 23.1 Å². The van der Waals surface area contributed by atoms with Crippen LogP contribution in [0.5, 0.6) is 0 Å². The van der Waals surface area contributed by atoms with Crippen LogP contribution in [0.2, 0.25) is 0 Å². The smallest absolute Gasteiger partial charge is 0.304 e. The number of esters is 1. The maximum absolute atomic E-state index is 12.7. The fourth-order valence-electron chi connectivity index (χ4n) is 2.80. The van der Waals surface area contributed by atoms with Gasteiger partial charge in [0.05, 0.1) is 10.6 Å². The summed E-state index contributed by atoms with van der Waals surface area (Å²) in [5.74, 6) is -1.24. The highest BCUT2D eigenvalue weighted by Gasteiger charge is 2.52. The molecule has 0 bridgehead atoms. The standard InChI is InChI=1S/C21H23ClO5/c1-6-12(2)9-13(3)7-8-15-10-16-17(11-26-15)19(24)21(5,27-14(4)23)20(25)18(16)22/h7-12H,6H2,1-5H3/b8-7-,13-9+/t12-,21-/m0/s1. The number of hydrogen-bond donors (Lipinski definition) is 0. The van der Waals surface area contributed by atoms with Crippen LogP contribution in [0.4, 0.5) is 0 Å². The molecule has 0 fully saturated rings. The molecule has 0 N–H and O–H groups in total. The maximum atomic E-state index is 12.7. The average molecular weight is 391 g/mol. The number of rotatable bonds is 5. The molecule has 1 aliphatic carbocycles. The lowest BCUT2D eigenvalue weighted by Crippen LogP contribution is -2.51. The highest BCUT2D eigenvalue weighted by Crippen LogP contribution is 2.38.